The molecule has 0 unspecified atom stereocenters. The van der Waals surface area contributed by atoms with Gasteiger partial charge >= 0.3 is 0 Å². The van der Waals surface area contributed by atoms with Crippen LogP contribution >= 0.6 is 11.3 Å². The van der Waals surface area contributed by atoms with Crippen LogP contribution in [0, 0.1) is 0 Å². The van der Waals surface area contributed by atoms with Gasteiger partial charge in [0.25, 0.3) is 0 Å². The third-order valence-corrected chi connectivity index (χ3v) is 4.26. The molecule has 0 atom stereocenters. The van der Waals surface area contributed by atoms with E-state index in [1.807, 2.05) is 18.2 Å². The monoisotopic (exact) mass is 299 g/mol. The van der Waals surface area contributed by atoms with Crippen LogP contribution in [0.15, 0.2) is 47.8 Å². The van der Waals surface area contributed by atoms with Gasteiger partial charge in [0.05, 0.1) is 14.2 Å². The van der Waals surface area contributed by atoms with E-state index < -0.39 is 0 Å². The summed E-state index contributed by atoms with van der Waals surface area (Å²) in [7, 11) is 3.33. The lowest BCUT2D eigenvalue weighted by atomic mass is 10.2. The Hall–Kier alpha value is -2.20. The zero-order valence-electron chi connectivity index (χ0n) is 12.1. The highest BCUT2D eigenvalue weighted by molar-refractivity contribution is 7.17. The maximum Gasteiger partial charge on any atom is 0.122 e. The Morgan fingerprint density at radius 3 is 2.43 bits per heavy atom. The lowest BCUT2D eigenvalue weighted by molar-refractivity contribution is 0.393. The van der Waals surface area contributed by atoms with Crippen molar-refractivity contribution in [2.24, 2.45) is 0 Å². The van der Waals surface area contributed by atoms with Gasteiger partial charge in [-0.3, -0.25) is 0 Å². The second-order valence-electron chi connectivity index (χ2n) is 4.75. The number of hydrogen-bond acceptors (Lipinski definition) is 4. The van der Waals surface area contributed by atoms with Crippen LogP contribution in [-0.2, 0) is 6.54 Å². The van der Waals surface area contributed by atoms with Crippen molar-refractivity contribution in [3.05, 3.63) is 53.4 Å². The fourth-order valence-electron chi connectivity index (χ4n) is 2.25. The van der Waals surface area contributed by atoms with Crippen molar-refractivity contribution in [1.82, 2.24) is 0 Å². The number of ether oxygens (including phenoxy) is 2. The number of thiophene rings is 1. The van der Waals surface area contributed by atoms with Crippen LogP contribution in [0.25, 0.3) is 10.1 Å². The normalized spacial score (nSPS) is 10.6. The SMILES string of the molecule is COc1cc(CNc2ccc3sccc3c2)cc(OC)c1. The molecule has 0 aliphatic rings. The van der Waals surface area contributed by atoms with Gasteiger partial charge in [-0.15, -0.1) is 11.3 Å². The molecule has 0 bridgehead atoms. The molecule has 4 heteroatoms. The molecular weight excluding hydrogens is 282 g/mol. The Morgan fingerprint density at radius 2 is 1.71 bits per heavy atom. The van der Waals surface area contributed by atoms with Crippen molar-refractivity contribution in [3.63, 3.8) is 0 Å². The van der Waals surface area contributed by atoms with Crippen molar-refractivity contribution >= 4 is 27.1 Å². The van der Waals surface area contributed by atoms with Gasteiger partial charge in [-0.2, -0.15) is 0 Å². The van der Waals surface area contributed by atoms with Crippen molar-refractivity contribution < 1.29 is 9.47 Å². The summed E-state index contributed by atoms with van der Waals surface area (Å²) >= 11 is 1.76. The molecule has 0 aliphatic heterocycles. The molecule has 0 spiro atoms. The Bertz CT molecular complexity index is 729. The van der Waals surface area contributed by atoms with Crippen LogP contribution in [-0.4, -0.2) is 14.2 Å². The summed E-state index contributed by atoms with van der Waals surface area (Å²) in [6.07, 6.45) is 0. The lowest BCUT2D eigenvalue weighted by Crippen LogP contribution is -2.00. The van der Waals surface area contributed by atoms with E-state index in [9.17, 15) is 0 Å². The predicted octanol–water partition coefficient (Wildman–Crippen LogP) is 4.53. The first-order valence-electron chi connectivity index (χ1n) is 6.71. The van der Waals surface area contributed by atoms with E-state index in [4.69, 9.17) is 9.47 Å². The number of anilines is 1. The van der Waals surface area contributed by atoms with Gasteiger partial charge in [-0.25, -0.2) is 0 Å². The van der Waals surface area contributed by atoms with Gasteiger partial charge in [0.1, 0.15) is 11.5 Å². The average Bonchev–Trinajstić information content (AvgIpc) is 3.00. The highest BCUT2D eigenvalue weighted by Gasteiger charge is 2.03. The van der Waals surface area contributed by atoms with Gasteiger partial charge in [-0.1, -0.05) is 0 Å². The third-order valence-electron chi connectivity index (χ3n) is 3.36. The van der Waals surface area contributed by atoms with Gasteiger partial charge in [-0.05, 0) is 52.7 Å². The standard InChI is InChI=1S/C17H17NO2S/c1-19-15-7-12(8-16(10-15)20-2)11-18-14-3-4-17-13(9-14)5-6-21-17/h3-10,18H,11H2,1-2H3. The van der Waals surface area contributed by atoms with Crippen LogP contribution in [0.3, 0.4) is 0 Å². The predicted molar refractivity (Wildman–Crippen MR) is 88.7 cm³/mol. The summed E-state index contributed by atoms with van der Waals surface area (Å²) in [5, 5.41) is 6.82. The summed E-state index contributed by atoms with van der Waals surface area (Å²) in [5.41, 5.74) is 2.24. The van der Waals surface area contributed by atoms with E-state index >= 15 is 0 Å². The largest absolute Gasteiger partial charge is 0.497 e. The van der Waals surface area contributed by atoms with E-state index in [0.29, 0.717) is 0 Å². The van der Waals surface area contributed by atoms with Gasteiger partial charge in [0, 0.05) is 23.0 Å². The second kappa shape index (κ2) is 6.06. The van der Waals surface area contributed by atoms with E-state index in [1.54, 1.807) is 25.6 Å². The first kappa shape index (κ1) is 13.8. The van der Waals surface area contributed by atoms with Crippen LogP contribution in [0.4, 0.5) is 5.69 Å². The Kier molecular flexibility index (Phi) is 3.97. The summed E-state index contributed by atoms with van der Waals surface area (Å²) in [4.78, 5) is 0. The number of hydrogen-bond donors (Lipinski definition) is 1. The van der Waals surface area contributed by atoms with Crippen molar-refractivity contribution in [3.8, 4) is 11.5 Å². The molecule has 108 valence electrons. The van der Waals surface area contributed by atoms with Crippen molar-refractivity contribution in [2.45, 2.75) is 6.54 Å². The highest BCUT2D eigenvalue weighted by atomic mass is 32.1. The number of rotatable bonds is 5. The quantitative estimate of drug-likeness (QED) is 0.751. The van der Waals surface area contributed by atoms with E-state index in [-0.39, 0.29) is 0 Å². The molecule has 0 aliphatic carbocycles. The minimum Gasteiger partial charge on any atom is -0.497 e. The number of nitrogens with one attached hydrogen (secondary N) is 1. The van der Waals surface area contributed by atoms with Crippen molar-refractivity contribution in [2.75, 3.05) is 19.5 Å². The zero-order chi connectivity index (χ0) is 14.7. The van der Waals surface area contributed by atoms with Gasteiger partial charge < -0.3 is 14.8 Å². The van der Waals surface area contributed by atoms with Gasteiger partial charge in [0.15, 0.2) is 0 Å². The van der Waals surface area contributed by atoms with Crippen LogP contribution in [0.2, 0.25) is 0 Å². The minimum absolute atomic E-state index is 0.725. The second-order valence-corrected chi connectivity index (χ2v) is 5.70. The summed E-state index contributed by atoms with van der Waals surface area (Å²) in [6.45, 7) is 0.725. The lowest BCUT2D eigenvalue weighted by Gasteiger charge is -2.10. The fourth-order valence-corrected chi connectivity index (χ4v) is 3.02. The number of fused-ring (bicyclic) bond motifs is 1. The molecule has 0 fully saturated rings. The summed E-state index contributed by atoms with van der Waals surface area (Å²) < 4.78 is 11.9. The molecule has 3 nitrogen and oxygen atoms in total. The smallest absolute Gasteiger partial charge is 0.122 e. The maximum absolute atomic E-state index is 5.29. The number of benzene rings is 2. The highest BCUT2D eigenvalue weighted by Crippen LogP contribution is 2.26. The number of methoxy groups -OCH3 is 2. The molecule has 0 radical (unpaired) electrons. The molecule has 0 amide bonds. The molecule has 21 heavy (non-hydrogen) atoms. The first-order valence-corrected chi connectivity index (χ1v) is 7.59. The first-order chi connectivity index (χ1) is 10.3. The molecular formula is C17H17NO2S. The molecule has 1 heterocycles. The van der Waals surface area contributed by atoms with Crippen LogP contribution in [0.5, 0.6) is 11.5 Å². The molecule has 3 aromatic rings. The summed E-state index contributed by atoms with van der Waals surface area (Å²) in [6, 6.07) is 14.5. The molecule has 1 N–H and O–H groups in total. The fraction of sp³-hybridized carbons (Fsp3) is 0.176. The molecule has 1 aromatic heterocycles. The zero-order valence-corrected chi connectivity index (χ0v) is 12.9. The molecule has 0 saturated heterocycles. The average molecular weight is 299 g/mol. The van der Waals surface area contributed by atoms with Crippen LogP contribution in [0.1, 0.15) is 5.56 Å². The molecule has 2 aromatic carbocycles. The van der Waals surface area contributed by atoms with E-state index in [0.717, 1.165) is 29.3 Å². The van der Waals surface area contributed by atoms with Gasteiger partial charge in [0.2, 0.25) is 0 Å². The van der Waals surface area contributed by atoms with E-state index in [1.165, 1.54) is 10.1 Å². The molecule has 0 saturated carbocycles. The molecule has 3 rings (SSSR count). The maximum atomic E-state index is 5.29. The van der Waals surface area contributed by atoms with E-state index in [2.05, 4.69) is 35.0 Å². The Labute approximate surface area is 128 Å². The van der Waals surface area contributed by atoms with Crippen molar-refractivity contribution in [1.29, 1.82) is 0 Å². The minimum atomic E-state index is 0.725. The topological polar surface area (TPSA) is 30.5 Å². The van der Waals surface area contributed by atoms with Crippen LogP contribution < -0.4 is 14.8 Å². The Morgan fingerprint density at radius 1 is 0.952 bits per heavy atom. The Balaban J connectivity index is 1.77. The summed E-state index contributed by atoms with van der Waals surface area (Å²) in [5.74, 6) is 1.61. The third kappa shape index (κ3) is 3.11.